The predicted molar refractivity (Wildman–Crippen MR) is 79.7 cm³/mol. The molecular formula is C16H24N2O2. The third-order valence-corrected chi connectivity index (χ3v) is 4.12. The van der Waals surface area contributed by atoms with Crippen LogP contribution in [0.5, 0.6) is 5.75 Å². The molecule has 1 fully saturated rings. The summed E-state index contributed by atoms with van der Waals surface area (Å²) >= 11 is 0. The van der Waals surface area contributed by atoms with Crippen molar-refractivity contribution in [3.63, 3.8) is 0 Å². The molecule has 0 radical (unpaired) electrons. The second-order valence-electron chi connectivity index (χ2n) is 5.54. The van der Waals surface area contributed by atoms with Gasteiger partial charge in [0.1, 0.15) is 5.75 Å². The molecule has 0 aromatic heterocycles. The lowest BCUT2D eigenvalue weighted by molar-refractivity contribution is -0.131. The minimum absolute atomic E-state index is 0.222. The Morgan fingerprint density at radius 1 is 1.45 bits per heavy atom. The molecule has 2 rings (SSSR count). The van der Waals surface area contributed by atoms with Gasteiger partial charge in [-0.1, -0.05) is 18.2 Å². The Labute approximate surface area is 120 Å². The van der Waals surface area contributed by atoms with Crippen molar-refractivity contribution in [3.8, 4) is 5.75 Å². The number of aryl methyl sites for hydroxylation is 1. The number of hydrogen-bond donors (Lipinski definition) is 1. The Kier molecular flexibility index (Phi) is 5.01. The normalized spacial score (nSPS) is 22.1. The zero-order valence-corrected chi connectivity index (χ0v) is 12.3. The second kappa shape index (κ2) is 6.75. The van der Waals surface area contributed by atoms with E-state index in [1.165, 1.54) is 0 Å². The van der Waals surface area contributed by atoms with E-state index in [2.05, 4.69) is 6.92 Å². The van der Waals surface area contributed by atoms with Gasteiger partial charge in [0.15, 0.2) is 0 Å². The van der Waals surface area contributed by atoms with E-state index in [4.69, 9.17) is 10.5 Å². The highest BCUT2D eigenvalue weighted by Crippen LogP contribution is 2.24. The van der Waals surface area contributed by atoms with E-state index in [1.54, 1.807) is 7.11 Å². The van der Waals surface area contributed by atoms with E-state index in [-0.39, 0.29) is 5.91 Å². The summed E-state index contributed by atoms with van der Waals surface area (Å²) in [6, 6.07) is 8.18. The van der Waals surface area contributed by atoms with Gasteiger partial charge in [0.05, 0.1) is 7.11 Å². The number of para-hydroxylation sites is 1. The topological polar surface area (TPSA) is 55.6 Å². The first-order valence-electron chi connectivity index (χ1n) is 7.27. The van der Waals surface area contributed by atoms with Gasteiger partial charge < -0.3 is 15.4 Å². The van der Waals surface area contributed by atoms with Crippen LogP contribution in [-0.4, -0.2) is 37.0 Å². The third kappa shape index (κ3) is 3.31. The molecule has 1 aromatic carbocycles. The average molecular weight is 276 g/mol. The highest BCUT2D eigenvalue weighted by Gasteiger charge is 2.31. The fourth-order valence-corrected chi connectivity index (χ4v) is 2.96. The molecule has 2 atom stereocenters. The monoisotopic (exact) mass is 276 g/mol. The first-order valence-corrected chi connectivity index (χ1v) is 7.27. The second-order valence-corrected chi connectivity index (χ2v) is 5.54. The van der Waals surface area contributed by atoms with Crippen LogP contribution in [0.1, 0.15) is 25.3 Å². The molecule has 1 aliphatic heterocycles. The third-order valence-electron chi connectivity index (χ3n) is 4.12. The maximum atomic E-state index is 12.3. The quantitative estimate of drug-likeness (QED) is 0.892. The maximum Gasteiger partial charge on any atom is 0.223 e. The van der Waals surface area contributed by atoms with E-state index in [0.717, 1.165) is 30.7 Å². The predicted octanol–water partition coefficient (Wildman–Crippen LogP) is 1.82. The first-order chi connectivity index (χ1) is 9.65. The van der Waals surface area contributed by atoms with Crippen LogP contribution in [0.25, 0.3) is 0 Å². The van der Waals surface area contributed by atoms with Gasteiger partial charge in [-0.25, -0.2) is 0 Å². The molecule has 0 saturated carbocycles. The van der Waals surface area contributed by atoms with Crippen LogP contribution in [0, 0.1) is 5.92 Å². The number of ether oxygens (including phenoxy) is 1. The molecule has 1 saturated heterocycles. The molecule has 4 nitrogen and oxygen atoms in total. The van der Waals surface area contributed by atoms with Gasteiger partial charge in [-0.15, -0.1) is 0 Å². The average Bonchev–Trinajstić information content (AvgIpc) is 2.86. The minimum atomic E-state index is 0.222. The van der Waals surface area contributed by atoms with E-state index >= 15 is 0 Å². The van der Waals surface area contributed by atoms with Gasteiger partial charge in [0.2, 0.25) is 5.91 Å². The van der Waals surface area contributed by atoms with Crippen molar-refractivity contribution >= 4 is 5.91 Å². The van der Waals surface area contributed by atoms with Crippen molar-refractivity contribution in [3.05, 3.63) is 29.8 Å². The van der Waals surface area contributed by atoms with Crippen molar-refractivity contribution < 1.29 is 9.53 Å². The molecule has 1 aliphatic rings. The molecule has 1 amide bonds. The summed E-state index contributed by atoms with van der Waals surface area (Å²) in [5.41, 5.74) is 6.80. The molecular weight excluding hydrogens is 252 g/mol. The number of carbonyl (C=O) groups excluding carboxylic acids is 1. The van der Waals surface area contributed by atoms with E-state index in [0.29, 0.717) is 24.9 Å². The van der Waals surface area contributed by atoms with Gasteiger partial charge in [0.25, 0.3) is 0 Å². The number of nitrogens with zero attached hydrogens (tertiary/aromatic N) is 1. The van der Waals surface area contributed by atoms with Crippen molar-refractivity contribution in [1.82, 2.24) is 4.90 Å². The van der Waals surface area contributed by atoms with E-state index in [1.807, 2.05) is 29.2 Å². The molecule has 0 bridgehead atoms. The van der Waals surface area contributed by atoms with Crippen LogP contribution < -0.4 is 10.5 Å². The summed E-state index contributed by atoms with van der Waals surface area (Å²) in [6.45, 7) is 3.58. The van der Waals surface area contributed by atoms with Crippen LogP contribution in [0.4, 0.5) is 0 Å². The number of hydrogen-bond acceptors (Lipinski definition) is 3. The number of amides is 1. The fraction of sp³-hybridized carbons (Fsp3) is 0.562. The molecule has 0 aliphatic carbocycles. The number of likely N-dealkylation sites (tertiary alicyclic amines) is 1. The summed E-state index contributed by atoms with van der Waals surface area (Å²) in [6.07, 6.45) is 2.28. The Morgan fingerprint density at radius 2 is 2.20 bits per heavy atom. The van der Waals surface area contributed by atoms with Crippen LogP contribution in [0.15, 0.2) is 24.3 Å². The van der Waals surface area contributed by atoms with Crippen LogP contribution in [0.3, 0.4) is 0 Å². The zero-order valence-electron chi connectivity index (χ0n) is 12.3. The molecule has 0 spiro atoms. The van der Waals surface area contributed by atoms with Crippen LogP contribution >= 0.6 is 0 Å². The highest BCUT2D eigenvalue weighted by atomic mass is 16.5. The number of methoxy groups -OCH3 is 1. The highest BCUT2D eigenvalue weighted by molar-refractivity contribution is 5.77. The first kappa shape index (κ1) is 14.9. The molecule has 110 valence electrons. The lowest BCUT2D eigenvalue weighted by Crippen LogP contribution is -2.34. The SMILES string of the molecule is COc1ccccc1CCC(=O)N1CC(CN)CC1C. The Balaban J connectivity index is 1.92. The van der Waals surface area contributed by atoms with Crippen molar-refractivity contribution in [2.75, 3.05) is 20.2 Å². The van der Waals surface area contributed by atoms with Gasteiger partial charge >= 0.3 is 0 Å². The molecule has 1 heterocycles. The number of nitrogens with two attached hydrogens (primary N) is 1. The fourth-order valence-electron chi connectivity index (χ4n) is 2.96. The summed E-state index contributed by atoms with van der Waals surface area (Å²) < 4.78 is 5.32. The largest absolute Gasteiger partial charge is 0.496 e. The van der Waals surface area contributed by atoms with Crippen molar-refractivity contribution in [2.45, 2.75) is 32.2 Å². The lowest BCUT2D eigenvalue weighted by atomic mass is 10.1. The maximum absolute atomic E-state index is 12.3. The molecule has 2 N–H and O–H groups in total. The molecule has 1 aromatic rings. The van der Waals surface area contributed by atoms with Crippen molar-refractivity contribution in [2.24, 2.45) is 11.7 Å². The Hall–Kier alpha value is -1.55. The van der Waals surface area contributed by atoms with Gasteiger partial charge in [0, 0.05) is 19.0 Å². The van der Waals surface area contributed by atoms with Gasteiger partial charge in [-0.05, 0) is 43.9 Å². The lowest BCUT2D eigenvalue weighted by Gasteiger charge is -2.21. The number of rotatable bonds is 5. The standard InChI is InChI=1S/C16H24N2O2/c1-12-9-13(10-17)11-18(12)16(19)8-7-14-5-3-4-6-15(14)20-2/h3-6,12-13H,7-11,17H2,1-2H3. The smallest absolute Gasteiger partial charge is 0.223 e. The Morgan fingerprint density at radius 3 is 2.85 bits per heavy atom. The Bertz CT molecular complexity index is 462. The van der Waals surface area contributed by atoms with Gasteiger partial charge in [-0.2, -0.15) is 0 Å². The molecule has 2 unspecified atom stereocenters. The van der Waals surface area contributed by atoms with E-state index in [9.17, 15) is 4.79 Å². The summed E-state index contributed by atoms with van der Waals surface area (Å²) in [5, 5.41) is 0. The number of carbonyl (C=O) groups is 1. The zero-order chi connectivity index (χ0) is 14.5. The van der Waals surface area contributed by atoms with Crippen molar-refractivity contribution in [1.29, 1.82) is 0 Å². The number of benzene rings is 1. The summed E-state index contributed by atoms with van der Waals surface area (Å²) in [4.78, 5) is 14.3. The molecule has 20 heavy (non-hydrogen) atoms. The van der Waals surface area contributed by atoms with Crippen LogP contribution in [-0.2, 0) is 11.2 Å². The van der Waals surface area contributed by atoms with Gasteiger partial charge in [-0.3, -0.25) is 4.79 Å². The minimum Gasteiger partial charge on any atom is -0.496 e. The molecule has 4 heteroatoms. The summed E-state index contributed by atoms with van der Waals surface area (Å²) in [7, 11) is 1.66. The summed E-state index contributed by atoms with van der Waals surface area (Å²) in [5.74, 6) is 1.54. The van der Waals surface area contributed by atoms with Crippen LogP contribution in [0.2, 0.25) is 0 Å². The van der Waals surface area contributed by atoms with E-state index < -0.39 is 0 Å².